The Hall–Kier alpha value is -1.84. The van der Waals surface area contributed by atoms with Crippen molar-refractivity contribution in [2.75, 3.05) is 5.73 Å². The van der Waals surface area contributed by atoms with Crippen LogP contribution in [-0.4, -0.2) is 9.78 Å². The maximum Gasteiger partial charge on any atom is 0.125 e. The summed E-state index contributed by atoms with van der Waals surface area (Å²) in [6.07, 6.45) is 3.49. The van der Waals surface area contributed by atoms with Gasteiger partial charge in [0.1, 0.15) is 5.82 Å². The van der Waals surface area contributed by atoms with Crippen molar-refractivity contribution in [2.24, 2.45) is 7.05 Å². The normalized spacial score (nSPS) is 10.4. The number of nitrogen functional groups attached to an aromatic ring is 1. The van der Waals surface area contributed by atoms with Gasteiger partial charge in [0.25, 0.3) is 0 Å². The van der Waals surface area contributed by atoms with E-state index in [1.807, 2.05) is 13.2 Å². The van der Waals surface area contributed by atoms with Gasteiger partial charge >= 0.3 is 0 Å². The van der Waals surface area contributed by atoms with Crippen LogP contribution in [0.5, 0.6) is 0 Å². The fourth-order valence-corrected chi connectivity index (χ4v) is 1.35. The molecule has 0 saturated heterocycles. The summed E-state index contributed by atoms with van der Waals surface area (Å²) in [5, 5.41) is 4.01. The van der Waals surface area contributed by atoms with E-state index in [2.05, 4.69) is 5.10 Å². The fraction of sp³-hybridized carbons (Fsp3) is 0.100. The van der Waals surface area contributed by atoms with Crippen molar-refractivity contribution in [3.05, 3.63) is 36.4 Å². The molecule has 1 aromatic carbocycles. The van der Waals surface area contributed by atoms with Gasteiger partial charge in [0.15, 0.2) is 0 Å². The Morgan fingerprint density at radius 3 is 2.64 bits per heavy atom. The first kappa shape index (κ1) is 8.74. The standard InChI is InChI=1S/C10H10FN3/c1-14-6-8(5-13-14)7-2-9(11)4-10(12)3-7/h2-6H,12H2,1H3. The number of hydrogen-bond acceptors (Lipinski definition) is 2. The lowest BCUT2D eigenvalue weighted by Crippen LogP contribution is -1.88. The summed E-state index contributed by atoms with van der Waals surface area (Å²) in [6.45, 7) is 0. The summed E-state index contributed by atoms with van der Waals surface area (Å²) in [5.74, 6) is -0.330. The average molecular weight is 191 g/mol. The van der Waals surface area contributed by atoms with E-state index in [4.69, 9.17) is 5.73 Å². The first-order valence-electron chi connectivity index (χ1n) is 4.20. The van der Waals surface area contributed by atoms with Gasteiger partial charge in [-0.3, -0.25) is 4.68 Å². The molecule has 0 bridgehead atoms. The molecule has 3 nitrogen and oxygen atoms in total. The van der Waals surface area contributed by atoms with Crippen LogP contribution in [0.2, 0.25) is 0 Å². The van der Waals surface area contributed by atoms with Crippen molar-refractivity contribution < 1.29 is 4.39 Å². The third kappa shape index (κ3) is 1.59. The van der Waals surface area contributed by atoms with Crippen LogP contribution in [0.25, 0.3) is 11.1 Å². The monoisotopic (exact) mass is 191 g/mol. The van der Waals surface area contributed by atoms with Crippen molar-refractivity contribution >= 4 is 5.69 Å². The van der Waals surface area contributed by atoms with Crippen LogP contribution in [0.3, 0.4) is 0 Å². The maximum atomic E-state index is 13.0. The molecule has 0 fully saturated rings. The predicted octanol–water partition coefficient (Wildman–Crippen LogP) is 1.81. The Morgan fingerprint density at radius 2 is 2.07 bits per heavy atom. The molecular formula is C10H10FN3. The van der Waals surface area contributed by atoms with Crippen LogP contribution in [0.1, 0.15) is 0 Å². The molecule has 0 spiro atoms. The van der Waals surface area contributed by atoms with E-state index in [1.165, 1.54) is 12.1 Å². The molecule has 0 amide bonds. The fourth-order valence-electron chi connectivity index (χ4n) is 1.35. The van der Waals surface area contributed by atoms with Crippen LogP contribution in [0, 0.1) is 5.82 Å². The van der Waals surface area contributed by atoms with Gasteiger partial charge in [-0.1, -0.05) is 0 Å². The second-order valence-corrected chi connectivity index (χ2v) is 3.18. The third-order valence-corrected chi connectivity index (χ3v) is 1.96. The zero-order chi connectivity index (χ0) is 10.1. The highest BCUT2D eigenvalue weighted by Crippen LogP contribution is 2.22. The first-order valence-corrected chi connectivity index (χ1v) is 4.20. The Balaban J connectivity index is 2.51. The minimum Gasteiger partial charge on any atom is -0.399 e. The van der Waals surface area contributed by atoms with Gasteiger partial charge in [-0.25, -0.2) is 4.39 Å². The molecule has 2 aromatic rings. The SMILES string of the molecule is Cn1cc(-c2cc(N)cc(F)c2)cn1. The van der Waals surface area contributed by atoms with Crippen molar-refractivity contribution in [3.63, 3.8) is 0 Å². The zero-order valence-corrected chi connectivity index (χ0v) is 7.74. The van der Waals surface area contributed by atoms with Crippen molar-refractivity contribution in [3.8, 4) is 11.1 Å². The molecule has 0 atom stereocenters. The molecule has 4 heteroatoms. The molecule has 0 unspecified atom stereocenters. The summed E-state index contributed by atoms with van der Waals surface area (Å²) in [5.41, 5.74) is 7.56. The van der Waals surface area contributed by atoms with E-state index in [-0.39, 0.29) is 5.82 Å². The smallest absolute Gasteiger partial charge is 0.125 e. The highest BCUT2D eigenvalue weighted by molar-refractivity contribution is 5.66. The van der Waals surface area contributed by atoms with Crippen LogP contribution < -0.4 is 5.73 Å². The van der Waals surface area contributed by atoms with E-state index in [0.29, 0.717) is 5.69 Å². The van der Waals surface area contributed by atoms with Gasteiger partial charge in [0.2, 0.25) is 0 Å². The summed E-state index contributed by atoms with van der Waals surface area (Å²) < 4.78 is 14.7. The summed E-state index contributed by atoms with van der Waals surface area (Å²) >= 11 is 0. The minimum absolute atomic E-state index is 0.330. The highest BCUT2D eigenvalue weighted by Gasteiger charge is 2.03. The summed E-state index contributed by atoms with van der Waals surface area (Å²) in [6, 6.07) is 4.45. The molecule has 1 heterocycles. The highest BCUT2D eigenvalue weighted by atomic mass is 19.1. The van der Waals surface area contributed by atoms with Gasteiger partial charge in [0, 0.05) is 24.5 Å². The lowest BCUT2D eigenvalue weighted by Gasteiger charge is -1.99. The number of aryl methyl sites for hydroxylation is 1. The van der Waals surface area contributed by atoms with E-state index < -0.39 is 0 Å². The Morgan fingerprint density at radius 1 is 1.29 bits per heavy atom. The molecule has 0 aliphatic heterocycles. The quantitative estimate of drug-likeness (QED) is 0.698. The second kappa shape index (κ2) is 3.14. The van der Waals surface area contributed by atoms with E-state index in [0.717, 1.165) is 11.1 Å². The molecule has 2 N–H and O–H groups in total. The number of nitrogens with zero attached hydrogens (tertiary/aromatic N) is 2. The third-order valence-electron chi connectivity index (χ3n) is 1.96. The number of nitrogens with two attached hydrogens (primary N) is 1. The molecule has 14 heavy (non-hydrogen) atoms. The van der Waals surface area contributed by atoms with Gasteiger partial charge in [-0.2, -0.15) is 5.10 Å². The number of aromatic nitrogens is 2. The minimum atomic E-state index is -0.330. The van der Waals surface area contributed by atoms with E-state index in [9.17, 15) is 4.39 Å². The van der Waals surface area contributed by atoms with Gasteiger partial charge in [-0.15, -0.1) is 0 Å². The van der Waals surface area contributed by atoms with Crippen LogP contribution in [0.4, 0.5) is 10.1 Å². The second-order valence-electron chi connectivity index (χ2n) is 3.18. The summed E-state index contributed by atoms with van der Waals surface area (Å²) in [7, 11) is 1.81. The maximum absolute atomic E-state index is 13.0. The molecular weight excluding hydrogens is 181 g/mol. The number of rotatable bonds is 1. The van der Waals surface area contributed by atoms with Crippen LogP contribution >= 0.6 is 0 Å². The van der Waals surface area contributed by atoms with Gasteiger partial charge in [0.05, 0.1) is 6.20 Å². The largest absolute Gasteiger partial charge is 0.399 e. The molecule has 0 radical (unpaired) electrons. The number of halogens is 1. The molecule has 72 valence electrons. The Bertz CT molecular complexity index is 442. The topological polar surface area (TPSA) is 43.8 Å². The first-order chi connectivity index (χ1) is 6.65. The van der Waals surface area contributed by atoms with Crippen molar-refractivity contribution in [1.82, 2.24) is 9.78 Å². The van der Waals surface area contributed by atoms with Crippen LogP contribution in [-0.2, 0) is 7.05 Å². The van der Waals surface area contributed by atoms with E-state index in [1.54, 1.807) is 16.9 Å². The van der Waals surface area contributed by atoms with Gasteiger partial charge < -0.3 is 5.73 Å². The summed E-state index contributed by atoms with van der Waals surface area (Å²) in [4.78, 5) is 0. The van der Waals surface area contributed by atoms with Crippen molar-refractivity contribution in [1.29, 1.82) is 0 Å². The molecule has 2 rings (SSSR count). The number of anilines is 1. The zero-order valence-electron chi connectivity index (χ0n) is 7.74. The van der Waals surface area contributed by atoms with E-state index >= 15 is 0 Å². The Labute approximate surface area is 81.0 Å². The van der Waals surface area contributed by atoms with Crippen LogP contribution in [0.15, 0.2) is 30.6 Å². The number of benzene rings is 1. The predicted molar refractivity (Wildman–Crippen MR) is 53.0 cm³/mol. The Kier molecular flexibility index (Phi) is 1.96. The van der Waals surface area contributed by atoms with Gasteiger partial charge in [-0.05, 0) is 23.8 Å². The average Bonchev–Trinajstić information content (AvgIpc) is 2.50. The molecule has 0 saturated carbocycles. The lowest BCUT2D eigenvalue weighted by atomic mass is 10.1. The molecule has 0 aliphatic carbocycles. The lowest BCUT2D eigenvalue weighted by molar-refractivity contribution is 0.629. The molecule has 1 aromatic heterocycles. The van der Waals surface area contributed by atoms with Crippen molar-refractivity contribution in [2.45, 2.75) is 0 Å². The molecule has 0 aliphatic rings. The number of hydrogen-bond donors (Lipinski definition) is 1.